The third-order valence-electron chi connectivity index (χ3n) is 2.70. The van der Waals surface area contributed by atoms with Crippen LogP contribution in [0.25, 0.3) is 0 Å². The van der Waals surface area contributed by atoms with Crippen LogP contribution in [-0.2, 0) is 10.5 Å². The lowest BCUT2D eigenvalue weighted by Crippen LogP contribution is -2.59. The number of nitrogens with one attached hydrogen (secondary N) is 2. The van der Waals surface area contributed by atoms with Gasteiger partial charge in [-0.1, -0.05) is 41.9 Å². The van der Waals surface area contributed by atoms with Gasteiger partial charge in [0.05, 0.1) is 5.03 Å². The smallest absolute Gasteiger partial charge is 0.247 e. The number of halogens is 1. The average Bonchev–Trinajstić information content (AvgIpc) is 2.53. The largest absolute Gasteiger partial charge is 0.326 e. The van der Waals surface area contributed by atoms with Gasteiger partial charge in [0.15, 0.2) is 5.66 Å². The van der Waals surface area contributed by atoms with Crippen LogP contribution >= 0.6 is 11.6 Å². The van der Waals surface area contributed by atoms with E-state index in [9.17, 15) is 4.79 Å². The number of carbonyl (C=O) groups is 1. The van der Waals surface area contributed by atoms with Crippen molar-refractivity contribution in [2.75, 3.05) is 0 Å². The van der Waals surface area contributed by atoms with Crippen molar-refractivity contribution in [3.63, 3.8) is 0 Å². The van der Waals surface area contributed by atoms with Gasteiger partial charge in [-0.15, -0.1) is 0 Å². The third kappa shape index (κ3) is 2.42. The third-order valence-corrected chi connectivity index (χ3v) is 3.09. The van der Waals surface area contributed by atoms with Gasteiger partial charge in [-0.25, -0.2) is 0 Å². The lowest BCUT2D eigenvalue weighted by Gasteiger charge is -2.38. The Morgan fingerprint density at radius 2 is 1.83 bits per heavy atom. The molecule has 1 aromatic carbocycles. The molecule has 96 valence electrons. The summed E-state index contributed by atoms with van der Waals surface area (Å²) >= 11 is 6.29. The Bertz CT molecular complexity index is 490. The van der Waals surface area contributed by atoms with Gasteiger partial charge in [0.25, 0.3) is 0 Å². The van der Waals surface area contributed by atoms with Crippen LogP contribution in [0, 0.1) is 0 Å². The first-order valence-electron chi connectivity index (χ1n) is 5.88. The van der Waals surface area contributed by atoms with Gasteiger partial charge < -0.3 is 5.32 Å². The average molecular weight is 265 g/mol. The monoisotopic (exact) mass is 264 g/mol. The summed E-state index contributed by atoms with van der Waals surface area (Å²) in [6.45, 7) is 6.10. The molecule has 0 bridgehead atoms. The Morgan fingerprint density at radius 3 is 2.28 bits per heavy atom. The normalized spacial score (nSPS) is 23.8. The number of hydrogen-bond donors (Lipinski definition) is 2. The summed E-state index contributed by atoms with van der Waals surface area (Å²) in [5, 5.41) is 6.78. The van der Waals surface area contributed by atoms with Gasteiger partial charge >= 0.3 is 0 Å². The molecule has 1 amide bonds. The van der Waals surface area contributed by atoms with E-state index in [0.717, 1.165) is 5.56 Å². The molecule has 1 aliphatic rings. The standard InChI is InChI=1S/C14H17ClN2O/c1-13(2,3)17-14(10-7-5-4-6-8-10)11(15)9-12(18)16-14/h4-9,17H,1-3H3,(H,16,18). The van der Waals surface area contributed by atoms with Crippen molar-refractivity contribution in [2.24, 2.45) is 0 Å². The molecule has 0 fully saturated rings. The molecule has 0 saturated carbocycles. The van der Waals surface area contributed by atoms with E-state index in [1.807, 2.05) is 51.1 Å². The maximum Gasteiger partial charge on any atom is 0.247 e. The molecule has 2 rings (SSSR count). The number of carbonyl (C=O) groups excluding carboxylic acids is 1. The minimum absolute atomic E-state index is 0.180. The summed E-state index contributed by atoms with van der Waals surface area (Å²) in [6, 6.07) is 9.68. The lowest BCUT2D eigenvalue weighted by atomic mass is 9.96. The van der Waals surface area contributed by atoms with Gasteiger partial charge in [-0.05, 0) is 26.3 Å². The highest BCUT2D eigenvalue weighted by atomic mass is 35.5. The van der Waals surface area contributed by atoms with Crippen LogP contribution in [0.1, 0.15) is 26.3 Å². The minimum Gasteiger partial charge on any atom is -0.326 e. The van der Waals surface area contributed by atoms with Gasteiger partial charge in [0.1, 0.15) is 0 Å². The highest BCUT2D eigenvalue weighted by Crippen LogP contribution is 2.35. The first kappa shape index (κ1) is 13.1. The Morgan fingerprint density at radius 1 is 1.22 bits per heavy atom. The second-order valence-electron chi connectivity index (χ2n) is 5.47. The first-order chi connectivity index (χ1) is 8.33. The van der Waals surface area contributed by atoms with Gasteiger partial charge in [-0.3, -0.25) is 10.1 Å². The van der Waals surface area contributed by atoms with Crippen molar-refractivity contribution in [3.8, 4) is 0 Å². The summed E-state index contributed by atoms with van der Waals surface area (Å²) in [4.78, 5) is 11.6. The molecule has 3 nitrogen and oxygen atoms in total. The molecule has 1 heterocycles. The second kappa shape index (κ2) is 4.41. The maximum atomic E-state index is 11.6. The highest BCUT2D eigenvalue weighted by Gasteiger charge is 2.43. The zero-order valence-corrected chi connectivity index (χ0v) is 11.5. The van der Waals surface area contributed by atoms with Crippen LogP contribution in [0.3, 0.4) is 0 Å². The zero-order valence-electron chi connectivity index (χ0n) is 10.8. The van der Waals surface area contributed by atoms with Crippen LogP contribution in [0.5, 0.6) is 0 Å². The predicted molar refractivity (Wildman–Crippen MR) is 73.1 cm³/mol. The molecule has 1 atom stereocenters. The Balaban J connectivity index is 2.49. The van der Waals surface area contributed by atoms with E-state index in [1.54, 1.807) is 0 Å². The van der Waals surface area contributed by atoms with Gasteiger partial charge in [-0.2, -0.15) is 0 Å². The number of amides is 1. The molecule has 0 spiro atoms. The van der Waals surface area contributed by atoms with E-state index in [4.69, 9.17) is 11.6 Å². The topological polar surface area (TPSA) is 41.1 Å². The molecule has 1 aliphatic heterocycles. The molecular weight excluding hydrogens is 248 g/mol. The van der Waals surface area contributed by atoms with Crippen LogP contribution in [0.2, 0.25) is 0 Å². The van der Waals surface area contributed by atoms with Crippen LogP contribution in [0.15, 0.2) is 41.4 Å². The van der Waals surface area contributed by atoms with Crippen molar-refractivity contribution >= 4 is 17.5 Å². The number of hydrogen-bond acceptors (Lipinski definition) is 2. The summed E-state index contributed by atoms with van der Waals surface area (Å²) < 4.78 is 0. The Labute approximate surface area is 112 Å². The van der Waals surface area contributed by atoms with Crippen molar-refractivity contribution in [3.05, 3.63) is 47.0 Å². The van der Waals surface area contributed by atoms with E-state index in [-0.39, 0.29) is 11.4 Å². The molecule has 1 unspecified atom stereocenters. The van der Waals surface area contributed by atoms with Crippen LogP contribution in [0.4, 0.5) is 0 Å². The molecule has 18 heavy (non-hydrogen) atoms. The fourth-order valence-corrected chi connectivity index (χ4v) is 2.43. The number of benzene rings is 1. The molecule has 2 N–H and O–H groups in total. The minimum atomic E-state index is -0.821. The first-order valence-corrected chi connectivity index (χ1v) is 6.26. The van der Waals surface area contributed by atoms with E-state index in [0.29, 0.717) is 5.03 Å². The Kier molecular flexibility index (Phi) is 3.21. The van der Waals surface area contributed by atoms with Gasteiger partial charge in [0, 0.05) is 11.6 Å². The lowest BCUT2D eigenvalue weighted by molar-refractivity contribution is -0.117. The van der Waals surface area contributed by atoms with Crippen molar-refractivity contribution in [1.82, 2.24) is 10.6 Å². The summed E-state index contributed by atoms with van der Waals surface area (Å²) in [5.41, 5.74) is -0.0911. The van der Waals surface area contributed by atoms with Crippen molar-refractivity contribution in [1.29, 1.82) is 0 Å². The second-order valence-corrected chi connectivity index (χ2v) is 5.88. The molecule has 0 aliphatic carbocycles. The quantitative estimate of drug-likeness (QED) is 0.862. The number of rotatable bonds is 2. The molecular formula is C14H17ClN2O. The van der Waals surface area contributed by atoms with Gasteiger partial charge in [0.2, 0.25) is 5.91 Å². The highest BCUT2D eigenvalue weighted by molar-refractivity contribution is 6.33. The fourth-order valence-electron chi connectivity index (χ4n) is 2.13. The molecule has 4 heteroatoms. The van der Waals surface area contributed by atoms with Crippen molar-refractivity contribution in [2.45, 2.75) is 32.0 Å². The van der Waals surface area contributed by atoms with Crippen LogP contribution in [-0.4, -0.2) is 11.4 Å². The summed E-state index contributed by atoms with van der Waals surface area (Å²) in [5.74, 6) is -0.180. The van der Waals surface area contributed by atoms with E-state index in [2.05, 4.69) is 10.6 Å². The fraction of sp³-hybridized carbons (Fsp3) is 0.357. The summed E-state index contributed by atoms with van der Waals surface area (Å²) in [7, 11) is 0. The van der Waals surface area contributed by atoms with E-state index in [1.165, 1.54) is 6.08 Å². The molecule has 0 saturated heterocycles. The zero-order chi connectivity index (χ0) is 13.4. The van der Waals surface area contributed by atoms with Crippen molar-refractivity contribution < 1.29 is 4.79 Å². The predicted octanol–water partition coefficient (Wildman–Crippen LogP) is 2.48. The molecule has 0 aromatic heterocycles. The molecule has 0 radical (unpaired) electrons. The summed E-state index contributed by atoms with van der Waals surface area (Å²) in [6.07, 6.45) is 1.42. The maximum absolute atomic E-state index is 11.6. The van der Waals surface area contributed by atoms with E-state index < -0.39 is 5.66 Å². The van der Waals surface area contributed by atoms with Crippen LogP contribution < -0.4 is 10.6 Å². The SMILES string of the molecule is CC(C)(C)NC1(c2ccccc2)NC(=O)C=C1Cl. The molecule has 1 aromatic rings. The Hall–Kier alpha value is -1.32. The van der Waals surface area contributed by atoms with E-state index >= 15 is 0 Å².